The smallest absolute Gasteiger partial charge is 0.242 e. The molecule has 1 N–H and O–H groups in total. The summed E-state index contributed by atoms with van der Waals surface area (Å²) in [6, 6.07) is 14.9. The van der Waals surface area contributed by atoms with Crippen LogP contribution in [0.15, 0.2) is 48.5 Å². The third-order valence-corrected chi connectivity index (χ3v) is 4.58. The molecule has 5 heteroatoms. The van der Waals surface area contributed by atoms with E-state index in [-0.39, 0.29) is 18.2 Å². The second-order valence-electron chi connectivity index (χ2n) is 6.57. The largest absolute Gasteiger partial charge is 0.497 e. The first-order valence-electron chi connectivity index (χ1n) is 9.18. The molecule has 5 nitrogen and oxygen atoms in total. The standard InChI is InChI=1S/C22H28N2O3/c1-5-20(22(26)23-3)24(15-18-8-6-7-16(2)13-18)21(25)14-17-9-11-19(27-4)12-10-17/h6-13,20H,5,14-15H2,1-4H3,(H,23,26). The van der Waals surface area contributed by atoms with E-state index in [4.69, 9.17) is 4.74 Å². The Hall–Kier alpha value is -2.82. The first-order chi connectivity index (χ1) is 13.0. The van der Waals surface area contributed by atoms with Gasteiger partial charge in [0.05, 0.1) is 13.5 Å². The van der Waals surface area contributed by atoms with E-state index >= 15 is 0 Å². The lowest BCUT2D eigenvalue weighted by molar-refractivity contribution is -0.140. The third-order valence-electron chi connectivity index (χ3n) is 4.58. The molecule has 0 saturated heterocycles. The van der Waals surface area contributed by atoms with Gasteiger partial charge in [0.1, 0.15) is 11.8 Å². The predicted octanol–water partition coefficient (Wildman–Crippen LogP) is 3.10. The number of hydrogen-bond acceptors (Lipinski definition) is 3. The average molecular weight is 368 g/mol. The maximum atomic E-state index is 13.1. The Morgan fingerprint density at radius 1 is 1.11 bits per heavy atom. The van der Waals surface area contributed by atoms with Crippen molar-refractivity contribution < 1.29 is 14.3 Å². The average Bonchev–Trinajstić information content (AvgIpc) is 2.68. The molecule has 0 aliphatic carbocycles. The molecule has 2 aromatic rings. The quantitative estimate of drug-likeness (QED) is 0.779. The van der Waals surface area contributed by atoms with Crippen molar-refractivity contribution in [2.24, 2.45) is 0 Å². The fourth-order valence-electron chi connectivity index (χ4n) is 3.11. The van der Waals surface area contributed by atoms with Crippen LogP contribution in [-0.4, -0.2) is 36.9 Å². The Kier molecular flexibility index (Phi) is 7.41. The van der Waals surface area contributed by atoms with Crippen molar-refractivity contribution in [1.29, 1.82) is 0 Å². The molecule has 27 heavy (non-hydrogen) atoms. The zero-order valence-electron chi connectivity index (χ0n) is 16.5. The van der Waals surface area contributed by atoms with Gasteiger partial charge in [-0.25, -0.2) is 0 Å². The van der Waals surface area contributed by atoms with Crippen LogP contribution in [0.4, 0.5) is 0 Å². The second kappa shape index (κ2) is 9.76. The number of ether oxygens (including phenoxy) is 1. The number of nitrogens with one attached hydrogen (secondary N) is 1. The normalized spacial score (nSPS) is 11.6. The minimum Gasteiger partial charge on any atom is -0.497 e. The molecule has 144 valence electrons. The Morgan fingerprint density at radius 2 is 1.81 bits per heavy atom. The summed E-state index contributed by atoms with van der Waals surface area (Å²) in [6.45, 7) is 4.34. The fourth-order valence-corrected chi connectivity index (χ4v) is 3.11. The molecule has 2 rings (SSSR count). The van der Waals surface area contributed by atoms with Crippen molar-refractivity contribution >= 4 is 11.8 Å². The van der Waals surface area contributed by atoms with Crippen LogP contribution in [0, 0.1) is 6.92 Å². The van der Waals surface area contributed by atoms with Crippen LogP contribution in [0.25, 0.3) is 0 Å². The van der Waals surface area contributed by atoms with E-state index in [1.807, 2.05) is 62.4 Å². The molecule has 0 saturated carbocycles. The van der Waals surface area contributed by atoms with Gasteiger partial charge in [0.25, 0.3) is 0 Å². The van der Waals surface area contributed by atoms with Crippen molar-refractivity contribution in [2.75, 3.05) is 14.2 Å². The summed E-state index contributed by atoms with van der Waals surface area (Å²) in [4.78, 5) is 27.1. The number of nitrogens with zero attached hydrogens (tertiary/aromatic N) is 1. The van der Waals surface area contributed by atoms with E-state index in [1.165, 1.54) is 0 Å². The summed E-state index contributed by atoms with van der Waals surface area (Å²) in [6.07, 6.45) is 0.795. The Labute approximate surface area is 161 Å². The van der Waals surface area contributed by atoms with Gasteiger partial charge in [-0.1, -0.05) is 48.9 Å². The minimum absolute atomic E-state index is 0.0721. The number of likely N-dealkylation sites (N-methyl/N-ethyl adjacent to an activating group) is 1. The van der Waals surface area contributed by atoms with Crippen molar-refractivity contribution in [3.05, 3.63) is 65.2 Å². The molecule has 0 heterocycles. The summed E-state index contributed by atoms with van der Waals surface area (Å²) in [5.41, 5.74) is 3.03. The van der Waals surface area contributed by atoms with Crippen molar-refractivity contribution in [3.8, 4) is 5.75 Å². The maximum absolute atomic E-state index is 13.1. The zero-order chi connectivity index (χ0) is 19.8. The Morgan fingerprint density at radius 3 is 2.37 bits per heavy atom. The maximum Gasteiger partial charge on any atom is 0.242 e. The van der Waals surface area contributed by atoms with Gasteiger partial charge in [-0.3, -0.25) is 9.59 Å². The highest BCUT2D eigenvalue weighted by molar-refractivity contribution is 5.88. The van der Waals surface area contributed by atoms with Crippen LogP contribution in [0.1, 0.15) is 30.0 Å². The lowest BCUT2D eigenvalue weighted by Gasteiger charge is -2.30. The summed E-state index contributed by atoms with van der Waals surface area (Å²) in [5, 5.41) is 2.68. The van der Waals surface area contributed by atoms with E-state index in [9.17, 15) is 9.59 Å². The molecule has 1 unspecified atom stereocenters. The minimum atomic E-state index is -0.499. The van der Waals surface area contributed by atoms with Crippen molar-refractivity contribution in [3.63, 3.8) is 0 Å². The number of hydrogen-bond donors (Lipinski definition) is 1. The molecule has 2 aromatic carbocycles. The molecule has 0 aromatic heterocycles. The monoisotopic (exact) mass is 368 g/mol. The van der Waals surface area contributed by atoms with Gasteiger partial charge in [-0.2, -0.15) is 0 Å². The van der Waals surface area contributed by atoms with Crippen LogP contribution in [0.2, 0.25) is 0 Å². The van der Waals surface area contributed by atoms with E-state index < -0.39 is 6.04 Å². The molecular weight excluding hydrogens is 340 g/mol. The highest BCUT2D eigenvalue weighted by Crippen LogP contribution is 2.17. The lowest BCUT2D eigenvalue weighted by atomic mass is 10.1. The second-order valence-corrected chi connectivity index (χ2v) is 6.57. The van der Waals surface area contributed by atoms with Crippen LogP contribution in [0.5, 0.6) is 5.75 Å². The molecule has 0 radical (unpaired) electrons. The molecule has 0 aliphatic rings. The highest BCUT2D eigenvalue weighted by Gasteiger charge is 2.28. The highest BCUT2D eigenvalue weighted by atomic mass is 16.5. The van der Waals surface area contributed by atoms with Gasteiger partial charge in [-0.05, 0) is 36.6 Å². The van der Waals surface area contributed by atoms with Gasteiger partial charge < -0.3 is 15.0 Å². The number of methoxy groups -OCH3 is 1. The molecule has 0 aliphatic heterocycles. The number of carbonyl (C=O) groups excluding carboxylic acids is 2. The first-order valence-corrected chi connectivity index (χ1v) is 9.18. The summed E-state index contributed by atoms with van der Waals surface area (Å²) in [5.74, 6) is 0.532. The van der Waals surface area contributed by atoms with Crippen molar-refractivity contribution in [2.45, 2.75) is 39.3 Å². The fraction of sp³-hybridized carbons (Fsp3) is 0.364. The molecular formula is C22H28N2O3. The molecule has 1 atom stereocenters. The number of carbonyl (C=O) groups is 2. The number of aryl methyl sites for hydroxylation is 1. The molecule has 0 spiro atoms. The topological polar surface area (TPSA) is 58.6 Å². The van der Waals surface area contributed by atoms with Gasteiger partial charge in [0, 0.05) is 13.6 Å². The van der Waals surface area contributed by atoms with Gasteiger partial charge >= 0.3 is 0 Å². The van der Waals surface area contributed by atoms with E-state index in [1.54, 1.807) is 19.1 Å². The molecule has 0 fully saturated rings. The van der Waals surface area contributed by atoms with Gasteiger partial charge in [-0.15, -0.1) is 0 Å². The van der Waals surface area contributed by atoms with Crippen LogP contribution in [0.3, 0.4) is 0 Å². The Bertz CT molecular complexity index is 771. The number of benzene rings is 2. The zero-order valence-corrected chi connectivity index (χ0v) is 16.5. The summed E-state index contributed by atoms with van der Waals surface area (Å²) in [7, 11) is 3.21. The molecule has 2 amide bonds. The third kappa shape index (κ3) is 5.58. The van der Waals surface area contributed by atoms with Crippen molar-refractivity contribution in [1.82, 2.24) is 10.2 Å². The summed E-state index contributed by atoms with van der Waals surface area (Å²) >= 11 is 0. The van der Waals surface area contributed by atoms with Gasteiger partial charge in [0.15, 0.2) is 0 Å². The number of amides is 2. The van der Waals surface area contributed by atoms with Crippen LogP contribution in [-0.2, 0) is 22.6 Å². The summed E-state index contributed by atoms with van der Waals surface area (Å²) < 4.78 is 5.17. The molecule has 0 bridgehead atoms. The van der Waals surface area contributed by atoms with E-state index in [0.717, 1.165) is 22.4 Å². The SMILES string of the molecule is CCC(C(=O)NC)N(Cc1cccc(C)c1)C(=O)Cc1ccc(OC)cc1. The first kappa shape index (κ1) is 20.5. The number of rotatable bonds is 8. The predicted molar refractivity (Wildman–Crippen MR) is 107 cm³/mol. The Balaban J connectivity index is 2.25. The van der Waals surface area contributed by atoms with Crippen LogP contribution >= 0.6 is 0 Å². The van der Waals surface area contributed by atoms with E-state index in [2.05, 4.69) is 5.32 Å². The van der Waals surface area contributed by atoms with Crippen LogP contribution < -0.4 is 10.1 Å². The lowest BCUT2D eigenvalue weighted by Crippen LogP contribution is -2.48. The van der Waals surface area contributed by atoms with Gasteiger partial charge in [0.2, 0.25) is 11.8 Å². The van der Waals surface area contributed by atoms with E-state index in [0.29, 0.717) is 13.0 Å².